The molecule has 4 fully saturated rings. The molecule has 0 aromatic heterocycles. The lowest BCUT2D eigenvalue weighted by Crippen LogP contribution is -2.47. The van der Waals surface area contributed by atoms with Crippen LogP contribution >= 0.6 is 0 Å². The van der Waals surface area contributed by atoms with Crippen molar-refractivity contribution in [2.24, 2.45) is 5.73 Å². The van der Waals surface area contributed by atoms with Gasteiger partial charge in [0.05, 0.1) is 29.0 Å². The molecule has 3 aromatic carbocycles. The van der Waals surface area contributed by atoms with Crippen LogP contribution < -0.4 is 20.5 Å². The molecule has 2 saturated heterocycles. The average molecular weight is 726 g/mol. The first-order valence-electron chi connectivity index (χ1n) is 17.6. The molecule has 4 N–H and O–H groups in total. The molecule has 2 atom stereocenters. The van der Waals surface area contributed by atoms with Gasteiger partial charge in [0.25, 0.3) is 0 Å². The normalized spacial score (nSPS) is 22.3. The predicted octanol–water partition coefficient (Wildman–Crippen LogP) is 3.98. The van der Waals surface area contributed by atoms with E-state index in [4.69, 9.17) is 19.9 Å². The molecule has 2 heterocycles. The van der Waals surface area contributed by atoms with Crippen LogP contribution in [0.3, 0.4) is 0 Å². The molecule has 2 saturated carbocycles. The van der Waals surface area contributed by atoms with E-state index in [0.717, 1.165) is 29.5 Å². The van der Waals surface area contributed by atoms with Crippen molar-refractivity contribution >= 4 is 19.9 Å². The van der Waals surface area contributed by atoms with Crippen molar-refractivity contribution < 1.29 is 36.2 Å². The van der Waals surface area contributed by atoms with Crippen LogP contribution in [-0.4, -0.2) is 88.7 Å². The zero-order valence-corrected chi connectivity index (χ0v) is 30.1. The summed E-state index contributed by atoms with van der Waals surface area (Å²) in [4.78, 5) is 0.411. The zero-order valence-electron chi connectivity index (χ0n) is 28.4. The van der Waals surface area contributed by atoms with Crippen LogP contribution in [0.25, 0.3) is 11.1 Å². The quantitative estimate of drug-likeness (QED) is 0.222. The summed E-state index contributed by atoms with van der Waals surface area (Å²) in [6, 6.07) is 19.8. The van der Waals surface area contributed by atoms with Crippen LogP contribution in [-0.2, 0) is 30.1 Å². The summed E-state index contributed by atoms with van der Waals surface area (Å²) in [7, 11) is -7.17. The van der Waals surface area contributed by atoms with Crippen LogP contribution in [0.1, 0.15) is 57.4 Å². The summed E-state index contributed by atoms with van der Waals surface area (Å²) in [6.45, 7) is 3.58. The van der Waals surface area contributed by atoms with Crippen LogP contribution in [0.5, 0.6) is 11.5 Å². The van der Waals surface area contributed by atoms with Crippen LogP contribution in [0.2, 0.25) is 0 Å². The second kappa shape index (κ2) is 13.8. The minimum atomic E-state index is -3.85. The van der Waals surface area contributed by atoms with Crippen molar-refractivity contribution in [2.75, 3.05) is 39.5 Å². The Balaban J connectivity index is 0.926. The lowest BCUT2D eigenvalue weighted by atomic mass is 9.88. The topological polar surface area (TPSA) is 157 Å². The highest BCUT2D eigenvalue weighted by Crippen LogP contribution is 2.43. The fraction of sp³-hybridized carbons (Fsp3) is 0.514. The largest absolute Gasteiger partial charge is 0.492 e. The first-order chi connectivity index (χ1) is 23.9. The van der Waals surface area contributed by atoms with E-state index in [9.17, 15) is 21.9 Å². The number of rotatable bonds is 14. The highest BCUT2D eigenvalue weighted by molar-refractivity contribution is 7.92. The SMILES string of the molecule is CCOc1ccc(-c2ccc(C3(N)CC3)cc2)cc1S(=O)(=O)N1CCC2(CC1)C[C@@H](NC[C@H](O)COc1cccc(S(=O)(=O)C3CC3)c1)CO2. The number of nitrogens with one attached hydrogen (secondary N) is 1. The Labute approximate surface area is 295 Å². The molecule has 3 aromatic rings. The third-order valence-electron chi connectivity index (χ3n) is 10.5. The smallest absolute Gasteiger partial charge is 0.246 e. The van der Waals surface area contributed by atoms with Gasteiger partial charge < -0.3 is 30.4 Å². The van der Waals surface area contributed by atoms with Crippen LogP contribution in [0, 0.1) is 0 Å². The molecular weight excluding hydrogens is 679 g/mol. The van der Waals surface area contributed by atoms with Gasteiger partial charge in [0, 0.05) is 31.2 Å². The molecular formula is C37H47N3O8S2. The van der Waals surface area contributed by atoms with Gasteiger partial charge in [-0.25, -0.2) is 16.8 Å². The summed E-state index contributed by atoms with van der Waals surface area (Å²) in [5.74, 6) is 0.746. The van der Waals surface area contributed by atoms with Gasteiger partial charge >= 0.3 is 0 Å². The maximum absolute atomic E-state index is 14.1. The highest BCUT2D eigenvalue weighted by atomic mass is 32.2. The van der Waals surface area contributed by atoms with Crippen molar-refractivity contribution in [1.29, 1.82) is 0 Å². The Kier molecular flexibility index (Phi) is 9.78. The molecule has 7 rings (SSSR count). The van der Waals surface area contributed by atoms with Crippen molar-refractivity contribution in [3.05, 3.63) is 72.3 Å². The summed E-state index contributed by atoms with van der Waals surface area (Å²) in [5, 5.41) is 13.7. The monoisotopic (exact) mass is 725 g/mol. The lowest BCUT2D eigenvalue weighted by molar-refractivity contribution is -0.0312. The molecule has 0 unspecified atom stereocenters. The number of piperidine rings is 1. The number of aliphatic hydroxyl groups excluding tert-OH is 1. The molecule has 13 heteroatoms. The Morgan fingerprint density at radius 1 is 0.960 bits per heavy atom. The van der Waals surface area contributed by atoms with Gasteiger partial charge in [0.1, 0.15) is 29.1 Å². The number of aliphatic hydroxyl groups is 1. The van der Waals surface area contributed by atoms with Crippen LogP contribution in [0.15, 0.2) is 76.5 Å². The van der Waals surface area contributed by atoms with E-state index in [-0.39, 0.29) is 39.8 Å². The van der Waals surface area contributed by atoms with Crippen molar-refractivity contribution in [1.82, 2.24) is 9.62 Å². The first-order valence-corrected chi connectivity index (χ1v) is 20.6. The van der Waals surface area contributed by atoms with E-state index < -0.39 is 31.6 Å². The van der Waals surface area contributed by atoms with E-state index in [2.05, 4.69) is 5.32 Å². The fourth-order valence-electron chi connectivity index (χ4n) is 7.04. The Morgan fingerprint density at radius 3 is 2.36 bits per heavy atom. The summed E-state index contributed by atoms with van der Waals surface area (Å²) >= 11 is 0. The molecule has 2 aliphatic carbocycles. The van der Waals surface area contributed by atoms with Crippen LogP contribution in [0.4, 0.5) is 0 Å². The molecule has 0 bridgehead atoms. The van der Waals surface area contributed by atoms with Gasteiger partial charge in [-0.15, -0.1) is 0 Å². The van der Waals surface area contributed by atoms with E-state index in [1.807, 2.05) is 37.3 Å². The Hall–Kier alpha value is -3.04. The minimum Gasteiger partial charge on any atom is -0.492 e. The van der Waals surface area contributed by atoms with E-state index in [1.165, 1.54) is 10.4 Å². The molecule has 50 heavy (non-hydrogen) atoms. The van der Waals surface area contributed by atoms with Gasteiger partial charge in [-0.1, -0.05) is 36.4 Å². The molecule has 0 amide bonds. The minimum absolute atomic E-state index is 0.00140. The van der Waals surface area contributed by atoms with E-state index >= 15 is 0 Å². The molecule has 11 nitrogen and oxygen atoms in total. The van der Waals surface area contributed by atoms with Gasteiger partial charge in [-0.2, -0.15) is 4.31 Å². The second-order valence-electron chi connectivity index (χ2n) is 14.2. The number of ether oxygens (including phenoxy) is 3. The molecule has 1 spiro atoms. The predicted molar refractivity (Wildman–Crippen MR) is 189 cm³/mol. The van der Waals surface area contributed by atoms with E-state index in [1.54, 1.807) is 30.3 Å². The summed E-state index contributed by atoms with van der Waals surface area (Å²) in [6.07, 6.45) is 4.34. The number of nitrogens with zero attached hydrogens (tertiary/aromatic N) is 1. The number of hydrogen-bond acceptors (Lipinski definition) is 10. The number of sulfonamides is 1. The molecule has 4 aliphatic rings. The van der Waals surface area contributed by atoms with Gasteiger partial charge in [-0.3, -0.25) is 0 Å². The third kappa shape index (κ3) is 7.45. The van der Waals surface area contributed by atoms with Gasteiger partial charge in [-0.05, 0) is 98.9 Å². The lowest BCUT2D eigenvalue weighted by Gasteiger charge is -2.38. The van der Waals surface area contributed by atoms with Crippen molar-refractivity contribution in [3.8, 4) is 22.6 Å². The summed E-state index contributed by atoms with van der Waals surface area (Å²) < 4.78 is 72.6. The Bertz CT molecular complexity index is 1900. The van der Waals surface area contributed by atoms with Gasteiger partial charge in [0.2, 0.25) is 10.0 Å². The average Bonchev–Trinajstić information content (AvgIpc) is 4.06. The summed E-state index contributed by atoms with van der Waals surface area (Å²) in [5.41, 5.74) is 8.50. The third-order valence-corrected chi connectivity index (χ3v) is 14.6. The van der Waals surface area contributed by atoms with Gasteiger partial charge in [0.15, 0.2) is 9.84 Å². The molecule has 2 aliphatic heterocycles. The first kappa shape index (κ1) is 35.4. The van der Waals surface area contributed by atoms with Crippen molar-refractivity contribution in [2.45, 2.75) is 90.2 Å². The van der Waals surface area contributed by atoms with Crippen molar-refractivity contribution in [3.63, 3.8) is 0 Å². The Morgan fingerprint density at radius 2 is 1.68 bits per heavy atom. The standard InChI is InChI=1S/C37H47N3O8S2/c1-2-46-34-13-8-27(26-6-9-28(10-7-26)37(38)14-15-37)20-35(34)50(44,45)40-18-16-36(17-19-40)22-29(24-48-36)39-23-30(41)25-47-31-4-3-5-33(21-31)49(42,43)32-11-12-32/h3-10,13,20-21,29-30,32,39,41H,2,11-12,14-19,22-25,38H2,1H3/t29-,30+/m1/s1. The highest BCUT2D eigenvalue weighted by Gasteiger charge is 2.45. The zero-order chi connectivity index (χ0) is 35.1. The number of nitrogens with two attached hydrogens (primary N) is 1. The number of benzene rings is 3. The maximum atomic E-state index is 14.1. The fourth-order valence-corrected chi connectivity index (χ4v) is 10.3. The number of hydrogen-bond donors (Lipinski definition) is 3. The van der Waals surface area contributed by atoms with E-state index in [0.29, 0.717) is 69.9 Å². The maximum Gasteiger partial charge on any atom is 0.246 e. The second-order valence-corrected chi connectivity index (χ2v) is 18.4. The molecule has 0 radical (unpaired) electrons. The number of sulfone groups is 1. The molecule has 270 valence electrons.